The maximum atomic E-state index is 12.9. The third-order valence-electron chi connectivity index (χ3n) is 5.53. The fourth-order valence-corrected chi connectivity index (χ4v) is 3.70. The van der Waals surface area contributed by atoms with Gasteiger partial charge in [-0.3, -0.25) is 14.3 Å². The minimum atomic E-state index is -0.237. The summed E-state index contributed by atoms with van der Waals surface area (Å²) in [5.41, 5.74) is 2.39. The summed E-state index contributed by atoms with van der Waals surface area (Å²) in [7, 11) is 1.81. The van der Waals surface area contributed by atoms with Crippen molar-refractivity contribution in [3.05, 3.63) is 65.1 Å². The van der Waals surface area contributed by atoms with Crippen LogP contribution in [0.15, 0.2) is 40.9 Å². The summed E-state index contributed by atoms with van der Waals surface area (Å²) in [6.45, 7) is 3.03. The number of carbonyl (C=O) groups excluding carboxylic acids is 2. The number of aryl methyl sites for hydroxylation is 3. The molecule has 1 aromatic carbocycles. The highest BCUT2D eigenvalue weighted by atomic mass is 16.5. The van der Waals surface area contributed by atoms with Crippen molar-refractivity contribution in [2.75, 3.05) is 6.54 Å². The molecule has 1 saturated heterocycles. The monoisotopic (exact) mass is 422 g/mol. The van der Waals surface area contributed by atoms with Crippen molar-refractivity contribution in [2.24, 2.45) is 7.05 Å². The molecule has 1 fully saturated rings. The minimum Gasteiger partial charge on any atom is -0.352 e. The molecule has 162 valence electrons. The molecule has 1 unspecified atom stereocenters. The molecule has 9 nitrogen and oxygen atoms in total. The molecule has 4 rings (SSSR count). The predicted molar refractivity (Wildman–Crippen MR) is 112 cm³/mol. The van der Waals surface area contributed by atoms with Crippen LogP contribution in [-0.2, 0) is 24.8 Å². The Kier molecular flexibility index (Phi) is 6.11. The fourth-order valence-electron chi connectivity index (χ4n) is 3.70. The molecule has 31 heavy (non-hydrogen) atoms. The second-order valence-corrected chi connectivity index (χ2v) is 7.76. The maximum absolute atomic E-state index is 12.9. The van der Waals surface area contributed by atoms with Crippen molar-refractivity contribution in [1.29, 1.82) is 0 Å². The minimum absolute atomic E-state index is 0.0770. The molecule has 0 bridgehead atoms. The van der Waals surface area contributed by atoms with E-state index in [1.165, 1.54) is 0 Å². The van der Waals surface area contributed by atoms with Crippen LogP contribution >= 0.6 is 0 Å². The van der Waals surface area contributed by atoms with Crippen molar-refractivity contribution in [3.63, 3.8) is 0 Å². The van der Waals surface area contributed by atoms with Gasteiger partial charge in [-0.05, 0) is 31.4 Å². The van der Waals surface area contributed by atoms with E-state index < -0.39 is 0 Å². The van der Waals surface area contributed by atoms with E-state index in [4.69, 9.17) is 4.52 Å². The van der Waals surface area contributed by atoms with Gasteiger partial charge in [0.25, 0.3) is 5.91 Å². The number of amides is 2. The topological polar surface area (TPSA) is 106 Å². The summed E-state index contributed by atoms with van der Waals surface area (Å²) in [4.78, 5) is 31.2. The SMILES string of the molecule is Cc1cc(C(=O)N2CCCC2c2noc(CCC(=O)NCc3ccccc3)n2)nn1C. The van der Waals surface area contributed by atoms with E-state index in [9.17, 15) is 9.59 Å². The Balaban J connectivity index is 1.33. The van der Waals surface area contributed by atoms with E-state index in [0.29, 0.717) is 36.9 Å². The van der Waals surface area contributed by atoms with Gasteiger partial charge in [-0.1, -0.05) is 35.5 Å². The Labute approximate surface area is 180 Å². The number of nitrogens with one attached hydrogen (secondary N) is 1. The molecule has 1 atom stereocenters. The van der Waals surface area contributed by atoms with E-state index in [1.807, 2.05) is 44.3 Å². The molecule has 1 aliphatic heterocycles. The summed E-state index contributed by atoms with van der Waals surface area (Å²) in [5, 5.41) is 11.3. The summed E-state index contributed by atoms with van der Waals surface area (Å²) < 4.78 is 7.04. The Bertz CT molecular complexity index is 1040. The van der Waals surface area contributed by atoms with Crippen molar-refractivity contribution in [3.8, 4) is 0 Å². The van der Waals surface area contributed by atoms with Gasteiger partial charge >= 0.3 is 0 Å². The van der Waals surface area contributed by atoms with Crippen LogP contribution in [0.4, 0.5) is 0 Å². The molecular formula is C22H26N6O3. The number of rotatable bonds is 7. The Morgan fingerprint density at radius 1 is 1.26 bits per heavy atom. The lowest BCUT2D eigenvalue weighted by atomic mass is 10.2. The molecular weight excluding hydrogens is 396 g/mol. The van der Waals surface area contributed by atoms with Gasteiger partial charge in [0.05, 0.1) is 6.04 Å². The molecule has 1 aliphatic rings. The van der Waals surface area contributed by atoms with Gasteiger partial charge in [0.1, 0.15) is 0 Å². The zero-order chi connectivity index (χ0) is 21.8. The summed E-state index contributed by atoms with van der Waals surface area (Å²) in [6.07, 6.45) is 2.25. The number of carbonyl (C=O) groups is 2. The number of benzene rings is 1. The smallest absolute Gasteiger partial charge is 0.274 e. The number of hydrogen-bond donors (Lipinski definition) is 1. The second-order valence-electron chi connectivity index (χ2n) is 7.76. The molecule has 3 aromatic rings. The first-order valence-corrected chi connectivity index (χ1v) is 10.5. The van der Waals surface area contributed by atoms with Gasteiger partial charge in [0, 0.05) is 38.7 Å². The molecule has 2 aromatic heterocycles. The first-order valence-electron chi connectivity index (χ1n) is 10.5. The van der Waals surface area contributed by atoms with E-state index in [-0.39, 0.29) is 24.3 Å². The van der Waals surface area contributed by atoms with Crippen LogP contribution in [0.5, 0.6) is 0 Å². The second kappa shape index (κ2) is 9.11. The van der Waals surface area contributed by atoms with E-state index >= 15 is 0 Å². The Hall–Kier alpha value is -3.49. The number of aromatic nitrogens is 4. The van der Waals surface area contributed by atoms with Gasteiger partial charge in [0.15, 0.2) is 11.5 Å². The Morgan fingerprint density at radius 3 is 2.81 bits per heavy atom. The maximum Gasteiger partial charge on any atom is 0.274 e. The summed E-state index contributed by atoms with van der Waals surface area (Å²) >= 11 is 0. The van der Waals surface area contributed by atoms with Gasteiger partial charge in [-0.25, -0.2) is 0 Å². The summed E-state index contributed by atoms with van der Waals surface area (Å²) in [6, 6.07) is 11.3. The standard InChI is InChI=1S/C22H26N6O3/c1-15-13-17(25-27(15)2)22(30)28-12-6-9-18(28)21-24-20(31-26-21)11-10-19(29)23-14-16-7-4-3-5-8-16/h3-5,7-8,13,18H,6,9-12,14H2,1-2H3,(H,23,29). The normalized spacial score (nSPS) is 15.9. The first-order chi connectivity index (χ1) is 15.0. The molecule has 0 saturated carbocycles. The van der Waals surface area contributed by atoms with Crippen molar-refractivity contribution >= 4 is 11.8 Å². The first kappa shape index (κ1) is 20.8. The molecule has 0 spiro atoms. The highest BCUT2D eigenvalue weighted by Crippen LogP contribution is 2.31. The van der Waals surface area contributed by atoms with Crippen LogP contribution in [0.2, 0.25) is 0 Å². The lowest BCUT2D eigenvalue weighted by Gasteiger charge is -2.21. The molecule has 1 N–H and O–H groups in total. The molecule has 3 heterocycles. The molecule has 0 aliphatic carbocycles. The average molecular weight is 422 g/mol. The number of likely N-dealkylation sites (tertiary alicyclic amines) is 1. The zero-order valence-corrected chi connectivity index (χ0v) is 17.7. The highest BCUT2D eigenvalue weighted by Gasteiger charge is 2.35. The zero-order valence-electron chi connectivity index (χ0n) is 17.7. The van der Waals surface area contributed by atoms with Crippen LogP contribution in [0.1, 0.15) is 58.8 Å². The lowest BCUT2D eigenvalue weighted by molar-refractivity contribution is -0.121. The van der Waals surface area contributed by atoms with Gasteiger partial charge < -0.3 is 14.7 Å². The van der Waals surface area contributed by atoms with Crippen molar-refractivity contribution in [1.82, 2.24) is 30.1 Å². The van der Waals surface area contributed by atoms with E-state index in [1.54, 1.807) is 15.6 Å². The molecule has 9 heteroatoms. The van der Waals surface area contributed by atoms with Crippen LogP contribution in [0.3, 0.4) is 0 Å². The van der Waals surface area contributed by atoms with Crippen LogP contribution in [-0.4, -0.2) is 43.2 Å². The third-order valence-corrected chi connectivity index (χ3v) is 5.53. The van der Waals surface area contributed by atoms with Crippen molar-refractivity contribution in [2.45, 2.75) is 45.2 Å². The number of hydrogen-bond acceptors (Lipinski definition) is 6. The van der Waals surface area contributed by atoms with E-state index in [2.05, 4.69) is 20.6 Å². The van der Waals surface area contributed by atoms with Gasteiger partial charge in [0.2, 0.25) is 11.8 Å². The average Bonchev–Trinajstić information content (AvgIpc) is 3.51. The fraction of sp³-hybridized carbons (Fsp3) is 0.409. The van der Waals surface area contributed by atoms with Gasteiger partial charge in [-0.15, -0.1) is 0 Å². The van der Waals surface area contributed by atoms with E-state index in [0.717, 1.165) is 24.1 Å². The quantitative estimate of drug-likeness (QED) is 0.626. The predicted octanol–water partition coefficient (Wildman–Crippen LogP) is 2.34. The van der Waals surface area contributed by atoms with Gasteiger partial charge in [-0.2, -0.15) is 10.1 Å². The molecule has 0 radical (unpaired) electrons. The molecule has 2 amide bonds. The Morgan fingerprint density at radius 2 is 2.06 bits per heavy atom. The lowest BCUT2D eigenvalue weighted by Crippen LogP contribution is -2.31. The van der Waals surface area contributed by atoms with Crippen LogP contribution in [0.25, 0.3) is 0 Å². The summed E-state index contributed by atoms with van der Waals surface area (Å²) in [5.74, 6) is 0.681. The van der Waals surface area contributed by atoms with Crippen molar-refractivity contribution < 1.29 is 14.1 Å². The largest absolute Gasteiger partial charge is 0.352 e. The van der Waals surface area contributed by atoms with Crippen LogP contribution < -0.4 is 5.32 Å². The van der Waals surface area contributed by atoms with Crippen LogP contribution in [0, 0.1) is 6.92 Å². The number of nitrogens with zero attached hydrogens (tertiary/aromatic N) is 5. The third kappa shape index (κ3) is 4.82. The highest BCUT2D eigenvalue weighted by molar-refractivity contribution is 5.92.